The molecule has 1 aromatic carbocycles. The van der Waals surface area contributed by atoms with Crippen LogP contribution in [-0.2, 0) is 19.9 Å². The third kappa shape index (κ3) is 2.95. The molecule has 0 atom stereocenters. The van der Waals surface area contributed by atoms with Crippen molar-refractivity contribution >= 4 is 5.71 Å². The number of hydrogen-bond donors (Lipinski definition) is 0. The van der Waals surface area contributed by atoms with Gasteiger partial charge in [-0.2, -0.15) is 0 Å². The van der Waals surface area contributed by atoms with Crippen LogP contribution in [0.4, 0.5) is 0 Å². The highest BCUT2D eigenvalue weighted by Gasteiger charge is 2.39. The molecule has 0 unspecified atom stereocenters. The molecule has 4 rings (SSSR count). The second-order valence-corrected chi connectivity index (χ2v) is 8.78. The molecule has 0 amide bonds. The van der Waals surface area contributed by atoms with Crippen LogP contribution in [0, 0.1) is 0 Å². The van der Waals surface area contributed by atoms with Gasteiger partial charge in [0.2, 0.25) is 5.56 Å². The van der Waals surface area contributed by atoms with Gasteiger partial charge in [0.15, 0.2) is 11.5 Å². The second-order valence-electron chi connectivity index (χ2n) is 8.78. The Balaban J connectivity index is 2.00. The van der Waals surface area contributed by atoms with Crippen molar-refractivity contribution in [2.45, 2.75) is 51.7 Å². The zero-order chi connectivity index (χ0) is 19.6. The van der Waals surface area contributed by atoms with Crippen LogP contribution in [-0.4, -0.2) is 28.5 Å². The van der Waals surface area contributed by atoms with E-state index in [-0.39, 0.29) is 16.7 Å². The molecular weight excluding hydrogens is 340 g/mol. The average molecular weight is 366 g/mol. The Kier molecular flexibility index (Phi) is 3.78. The topological polar surface area (TPSA) is 52.8 Å². The number of fused-ring (bicyclic) bond motifs is 3. The van der Waals surface area contributed by atoms with Gasteiger partial charge in [-0.3, -0.25) is 9.79 Å². The molecule has 0 radical (unpaired) electrons. The van der Waals surface area contributed by atoms with Crippen molar-refractivity contribution in [2.24, 2.45) is 12.0 Å². The van der Waals surface area contributed by atoms with Crippen LogP contribution < -0.4 is 15.0 Å². The number of pyridine rings is 1. The lowest BCUT2D eigenvalue weighted by atomic mass is 9.81. The van der Waals surface area contributed by atoms with Crippen LogP contribution in [0.3, 0.4) is 0 Å². The Labute approximate surface area is 159 Å². The van der Waals surface area contributed by atoms with Gasteiger partial charge in [-0.15, -0.1) is 0 Å². The lowest BCUT2D eigenvalue weighted by Gasteiger charge is -2.31. The molecule has 0 aliphatic carbocycles. The summed E-state index contributed by atoms with van der Waals surface area (Å²) in [6.07, 6.45) is 3.50. The van der Waals surface area contributed by atoms with Crippen LogP contribution in [0.1, 0.15) is 49.9 Å². The Morgan fingerprint density at radius 3 is 2.59 bits per heavy atom. The van der Waals surface area contributed by atoms with Gasteiger partial charge in [0.1, 0.15) is 5.60 Å². The largest absolute Gasteiger partial charge is 0.493 e. The molecule has 142 valence electrons. The Morgan fingerprint density at radius 1 is 1.19 bits per heavy atom. The van der Waals surface area contributed by atoms with Crippen LogP contribution in [0.5, 0.6) is 11.5 Å². The smallest absolute Gasteiger partial charge is 0.250 e. The molecule has 2 aromatic rings. The molecule has 0 fully saturated rings. The number of aromatic nitrogens is 1. The van der Waals surface area contributed by atoms with Crippen molar-refractivity contribution in [1.29, 1.82) is 0 Å². The summed E-state index contributed by atoms with van der Waals surface area (Å²) in [5, 5.41) is 0. The third-order valence-corrected chi connectivity index (χ3v) is 5.26. The van der Waals surface area contributed by atoms with Crippen molar-refractivity contribution in [3.8, 4) is 11.5 Å². The molecule has 1 aromatic heterocycles. The summed E-state index contributed by atoms with van der Waals surface area (Å²) in [7, 11) is 3.46. The number of aliphatic imine (C=N–C) groups is 1. The number of rotatable bonds is 2. The van der Waals surface area contributed by atoms with Crippen molar-refractivity contribution in [2.75, 3.05) is 7.11 Å². The zero-order valence-corrected chi connectivity index (χ0v) is 16.8. The lowest BCUT2D eigenvalue weighted by molar-refractivity contribution is 0.134. The van der Waals surface area contributed by atoms with E-state index in [4.69, 9.17) is 14.5 Å². The van der Waals surface area contributed by atoms with Gasteiger partial charge in [0.05, 0.1) is 18.4 Å². The Morgan fingerprint density at radius 2 is 1.93 bits per heavy atom. The standard InChI is InChI=1S/C22H26N2O3/c1-21(2)10-14-9-16(26-6)20-15(11-22(3,4)27-20)18(14)19(23-21)13-7-8-17(25)24(5)12-13/h7-9,12H,10-11H2,1-6H3. The first-order valence-corrected chi connectivity index (χ1v) is 9.29. The predicted molar refractivity (Wildman–Crippen MR) is 107 cm³/mol. The second kappa shape index (κ2) is 5.72. The van der Waals surface area contributed by atoms with Gasteiger partial charge in [-0.05, 0) is 51.8 Å². The average Bonchev–Trinajstić information content (AvgIpc) is 2.89. The number of nitrogens with zero attached hydrogens (tertiary/aromatic N) is 2. The summed E-state index contributed by atoms with van der Waals surface area (Å²) in [4.78, 5) is 17.0. The highest BCUT2D eigenvalue weighted by Crippen LogP contribution is 2.47. The van der Waals surface area contributed by atoms with E-state index in [9.17, 15) is 4.79 Å². The summed E-state index contributed by atoms with van der Waals surface area (Å²) in [5.41, 5.74) is 4.83. The number of ether oxygens (including phenoxy) is 2. The number of aryl methyl sites for hydroxylation is 1. The summed E-state index contributed by atoms with van der Waals surface area (Å²) in [6.45, 7) is 8.46. The first-order valence-electron chi connectivity index (χ1n) is 9.29. The molecule has 5 nitrogen and oxygen atoms in total. The van der Waals surface area contributed by atoms with Crippen LogP contribution in [0.25, 0.3) is 0 Å². The minimum Gasteiger partial charge on any atom is -0.493 e. The van der Waals surface area contributed by atoms with Gasteiger partial charge in [-0.25, -0.2) is 0 Å². The molecular formula is C22H26N2O3. The van der Waals surface area contributed by atoms with E-state index < -0.39 is 0 Å². The maximum absolute atomic E-state index is 11.9. The summed E-state index contributed by atoms with van der Waals surface area (Å²) in [5.74, 6) is 1.60. The highest BCUT2D eigenvalue weighted by atomic mass is 16.5. The molecule has 0 spiro atoms. The number of hydrogen-bond acceptors (Lipinski definition) is 4. The normalized spacial score (nSPS) is 19.0. The molecule has 2 aliphatic heterocycles. The highest BCUT2D eigenvalue weighted by molar-refractivity contribution is 6.16. The maximum Gasteiger partial charge on any atom is 0.250 e. The van der Waals surface area contributed by atoms with Crippen LogP contribution in [0.15, 0.2) is 34.2 Å². The Hall–Kier alpha value is -2.56. The van der Waals surface area contributed by atoms with Crippen molar-refractivity contribution in [1.82, 2.24) is 4.57 Å². The van der Waals surface area contributed by atoms with Gasteiger partial charge < -0.3 is 14.0 Å². The van der Waals surface area contributed by atoms with Gasteiger partial charge in [0.25, 0.3) is 0 Å². The van der Waals surface area contributed by atoms with Crippen molar-refractivity contribution in [3.05, 3.63) is 57.0 Å². The molecule has 27 heavy (non-hydrogen) atoms. The fraction of sp³-hybridized carbons (Fsp3) is 0.455. The van der Waals surface area contributed by atoms with Crippen molar-refractivity contribution in [3.63, 3.8) is 0 Å². The minimum absolute atomic E-state index is 0.0286. The molecule has 0 saturated heterocycles. The summed E-state index contributed by atoms with van der Waals surface area (Å²) in [6, 6.07) is 5.56. The lowest BCUT2D eigenvalue weighted by Crippen LogP contribution is -2.31. The summed E-state index contributed by atoms with van der Waals surface area (Å²) < 4.78 is 13.5. The molecule has 5 heteroatoms. The maximum atomic E-state index is 11.9. The fourth-order valence-electron chi connectivity index (χ4n) is 4.16. The molecule has 2 aliphatic rings. The minimum atomic E-state index is -0.285. The third-order valence-electron chi connectivity index (χ3n) is 5.26. The van der Waals surface area contributed by atoms with Gasteiger partial charge >= 0.3 is 0 Å². The first kappa shape index (κ1) is 17.8. The fourth-order valence-corrected chi connectivity index (χ4v) is 4.16. The monoisotopic (exact) mass is 366 g/mol. The van der Waals surface area contributed by atoms with E-state index in [0.29, 0.717) is 0 Å². The van der Waals surface area contributed by atoms with E-state index in [0.717, 1.165) is 46.7 Å². The number of benzene rings is 1. The van der Waals surface area contributed by atoms with Gasteiger partial charge in [0, 0.05) is 42.4 Å². The molecule has 3 heterocycles. The predicted octanol–water partition coefficient (Wildman–Crippen LogP) is 3.28. The van der Waals surface area contributed by atoms with E-state index in [1.54, 1.807) is 24.8 Å². The van der Waals surface area contributed by atoms with Crippen LogP contribution >= 0.6 is 0 Å². The quantitative estimate of drug-likeness (QED) is 0.820. The zero-order valence-electron chi connectivity index (χ0n) is 16.8. The Bertz CT molecular complexity index is 1030. The molecule has 0 N–H and O–H groups in total. The van der Waals surface area contributed by atoms with E-state index in [2.05, 4.69) is 33.8 Å². The van der Waals surface area contributed by atoms with Crippen LogP contribution in [0.2, 0.25) is 0 Å². The first-order chi connectivity index (χ1) is 12.6. The van der Waals surface area contributed by atoms with Crippen molar-refractivity contribution < 1.29 is 9.47 Å². The molecule has 0 saturated carbocycles. The van der Waals surface area contributed by atoms with E-state index >= 15 is 0 Å². The SMILES string of the molecule is COc1cc2c(c3c1OC(C)(C)C3)C(c1ccc(=O)n(C)c1)=NC(C)(C)C2. The van der Waals surface area contributed by atoms with Gasteiger partial charge in [-0.1, -0.05) is 0 Å². The molecule has 0 bridgehead atoms. The van der Waals surface area contributed by atoms with E-state index in [1.165, 1.54) is 5.56 Å². The summed E-state index contributed by atoms with van der Waals surface area (Å²) >= 11 is 0. The number of methoxy groups -OCH3 is 1. The van der Waals surface area contributed by atoms with E-state index in [1.807, 2.05) is 12.3 Å².